The summed E-state index contributed by atoms with van der Waals surface area (Å²) in [6.45, 7) is 11.2. The lowest BCUT2D eigenvalue weighted by molar-refractivity contribution is -0.130. The number of aliphatic imine (C=N–C) groups is 1. The number of amides is 2. The van der Waals surface area contributed by atoms with Crippen molar-refractivity contribution < 1.29 is 14.3 Å². The summed E-state index contributed by atoms with van der Waals surface area (Å²) in [5.74, 6) is 0.745. The summed E-state index contributed by atoms with van der Waals surface area (Å²) >= 11 is 0. The second-order valence-electron chi connectivity index (χ2n) is 9.08. The van der Waals surface area contributed by atoms with Crippen molar-refractivity contribution in [2.24, 2.45) is 4.99 Å². The van der Waals surface area contributed by atoms with E-state index in [2.05, 4.69) is 32.7 Å². The van der Waals surface area contributed by atoms with E-state index in [0.29, 0.717) is 25.6 Å². The maximum Gasteiger partial charge on any atom is 0.407 e. The molecular weight excluding hydrogens is 394 g/mol. The molecule has 1 aromatic rings. The topological polar surface area (TPSA) is 86.3 Å². The van der Waals surface area contributed by atoms with Crippen molar-refractivity contribution in [3.63, 3.8) is 0 Å². The first-order chi connectivity index (χ1) is 14.7. The van der Waals surface area contributed by atoms with Gasteiger partial charge in [-0.25, -0.2) is 9.79 Å². The van der Waals surface area contributed by atoms with Crippen LogP contribution in [-0.2, 0) is 22.5 Å². The molecule has 2 N–H and O–H groups in total. The molecule has 0 aliphatic carbocycles. The van der Waals surface area contributed by atoms with Crippen LogP contribution in [0.3, 0.4) is 0 Å². The highest BCUT2D eigenvalue weighted by Crippen LogP contribution is 2.18. The molecule has 2 heterocycles. The second-order valence-corrected chi connectivity index (χ2v) is 9.08. The van der Waals surface area contributed by atoms with Gasteiger partial charge in [-0.3, -0.25) is 4.79 Å². The predicted molar refractivity (Wildman–Crippen MR) is 121 cm³/mol. The normalized spacial score (nSPS) is 19.1. The number of benzene rings is 1. The molecule has 0 aromatic heterocycles. The molecule has 0 saturated carbocycles. The van der Waals surface area contributed by atoms with Crippen LogP contribution in [0.2, 0.25) is 0 Å². The van der Waals surface area contributed by atoms with E-state index in [1.807, 2.05) is 44.7 Å². The number of likely N-dealkylation sites (tertiary alicyclic amines) is 1. The molecule has 1 fully saturated rings. The summed E-state index contributed by atoms with van der Waals surface area (Å²) in [5, 5.41) is 6.20. The van der Waals surface area contributed by atoms with E-state index in [-0.39, 0.29) is 18.5 Å². The molecule has 3 rings (SSSR count). The number of rotatable bonds is 4. The van der Waals surface area contributed by atoms with Crippen LogP contribution in [0, 0.1) is 0 Å². The molecule has 2 aliphatic heterocycles. The van der Waals surface area contributed by atoms with Crippen molar-refractivity contribution in [3.05, 3.63) is 35.4 Å². The molecule has 2 amide bonds. The molecule has 0 radical (unpaired) electrons. The molecule has 0 spiro atoms. The first-order valence-corrected chi connectivity index (χ1v) is 11.1. The third-order valence-electron chi connectivity index (χ3n) is 5.39. The van der Waals surface area contributed by atoms with E-state index in [0.717, 1.165) is 25.9 Å². The van der Waals surface area contributed by atoms with Gasteiger partial charge in [0.2, 0.25) is 5.91 Å². The van der Waals surface area contributed by atoms with Crippen molar-refractivity contribution in [2.45, 2.75) is 58.7 Å². The molecule has 1 unspecified atom stereocenters. The molecule has 170 valence electrons. The number of hydrogen-bond acceptors (Lipinski definition) is 4. The molecule has 0 bridgehead atoms. The van der Waals surface area contributed by atoms with E-state index in [4.69, 9.17) is 4.74 Å². The SMILES string of the molecule is CCNC(=NCC(=O)N1CCc2ccccc2C1)N1CCC(NC(=O)OC(C)(C)C)C1. The highest BCUT2D eigenvalue weighted by molar-refractivity contribution is 5.85. The number of nitrogens with zero attached hydrogens (tertiary/aromatic N) is 3. The van der Waals surface area contributed by atoms with Crippen molar-refractivity contribution in [2.75, 3.05) is 32.7 Å². The zero-order valence-corrected chi connectivity index (χ0v) is 19.1. The van der Waals surface area contributed by atoms with Crippen LogP contribution in [0.4, 0.5) is 4.79 Å². The van der Waals surface area contributed by atoms with Gasteiger partial charge in [-0.15, -0.1) is 0 Å². The Bertz CT molecular complexity index is 818. The third-order valence-corrected chi connectivity index (χ3v) is 5.39. The lowest BCUT2D eigenvalue weighted by atomic mass is 10.00. The van der Waals surface area contributed by atoms with Crippen LogP contribution in [0.15, 0.2) is 29.3 Å². The smallest absolute Gasteiger partial charge is 0.407 e. The Kier molecular flexibility index (Phi) is 7.41. The van der Waals surface area contributed by atoms with Crippen LogP contribution < -0.4 is 10.6 Å². The van der Waals surface area contributed by atoms with Gasteiger partial charge in [0.05, 0.1) is 6.04 Å². The van der Waals surface area contributed by atoms with Crippen molar-refractivity contribution in [1.29, 1.82) is 0 Å². The van der Waals surface area contributed by atoms with Gasteiger partial charge in [0.25, 0.3) is 0 Å². The number of hydrogen-bond donors (Lipinski definition) is 2. The number of carbonyl (C=O) groups is 2. The van der Waals surface area contributed by atoms with Gasteiger partial charge in [0.15, 0.2) is 5.96 Å². The summed E-state index contributed by atoms with van der Waals surface area (Å²) in [6.07, 6.45) is 1.29. The maximum absolute atomic E-state index is 12.8. The Hall–Kier alpha value is -2.77. The summed E-state index contributed by atoms with van der Waals surface area (Å²) in [4.78, 5) is 33.4. The number of ether oxygens (including phenoxy) is 1. The molecule has 1 aromatic carbocycles. The minimum absolute atomic E-state index is 0.00648. The van der Waals surface area contributed by atoms with Crippen molar-refractivity contribution >= 4 is 18.0 Å². The van der Waals surface area contributed by atoms with Crippen molar-refractivity contribution in [1.82, 2.24) is 20.4 Å². The van der Waals surface area contributed by atoms with Crippen LogP contribution in [-0.4, -0.2) is 72.1 Å². The quantitative estimate of drug-likeness (QED) is 0.566. The largest absolute Gasteiger partial charge is 0.444 e. The summed E-state index contributed by atoms with van der Waals surface area (Å²) < 4.78 is 5.35. The van der Waals surface area contributed by atoms with Crippen LogP contribution in [0.25, 0.3) is 0 Å². The van der Waals surface area contributed by atoms with E-state index in [9.17, 15) is 9.59 Å². The van der Waals surface area contributed by atoms with Crippen LogP contribution >= 0.6 is 0 Å². The molecule has 2 aliphatic rings. The van der Waals surface area contributed by atoms with Gasteiger partial charge in [-0.2, -0.15) is 0 Å². The first-order valence-electron chi connectivity index (χ1n) is 11.1. The lowest BCUT2D eigenvalue weighted by Crippen LogP contribution is -2.45. The number of alkyl carbamates (subject to hydrolysis) is 1. The van der Waals surface area contributed by atoms with Gasteiger partial charge in [0.1, 0.15) is 12.1 Å². The highest BCUT2D eigenvalue weighted by Gasteiger charge is 2.28. The molecular formula is C23H35N5O3. The molecule has 31 heavy (non-hydrogen) atoms. The number of guanidine groups is 1. The Labute approximate surface area is 185 Å². The average Bonchev–Trinajstić information content (AvgIpc) is 3.17. The Morgan fingerprint density at radius 1 is 1.16 bits per heavy atom. The Morgan fingerprint density at radius 3 is 2.61 bits per heavy atom. The van der Waals surface area contributed by atoms with Gasteiger partial charge < -0.3 is 25.2 Å². The second kappa shape index (κ2) is 10.0. The average molecular weight is 430 g/mol. The van der Waals surface area contributed by atoms with Gasteiger partial charge in [-0.1, -0.05) is 24.3 Å². The van der Waals surface area contributed by atoms with Crippen molar-refractivity contribution in [3.8, 4) is 0 Å². The highest BCUT2D eigenvalue weighted by atomic mass is 16.6. The zero-order valence-electron chi connectivity index (χ0n) is 19.1. The van der Waals surface area contributed by atoms with Crippen LogP contribution in [0.1, 0.15) is 45.2 Å². The number of carbonyl (C=O) groups excluding carboxylic acids is 2. The summed E-state index contributed by atoms with van der Waals surface area (Å²) in [6, 6.07) is 8.28. The maximum atomic E-state index is 12.8. The fourth-order valence-electron chi connectivity index (χ4n) is 3.92. The fourth-order valence-corrected chi connectivity index (χ4v) is 3.92. The lowest BCUT2D eigenvalue weighted by Gasteiger charge is -2.29. The third kappa shape index (κ3) is 6.60. The fraction of sp³-hybridized carbons (Fsp3) is 0.609. The standard InChI is InChI=1S/C23H35N5O3/c1-5-24-21(28-13-11-19(16-28)26-22(30)31-23(2,3)4)25-14-20(29)27-12-10-17-8-6-7-9-18(17)15-27/h6-9,19H,5,10-16H2,1-4H3,(H,24,25)(H,26,30). The number of fused-ring (bicyclic) bond motifs is 1. The van der Waals surface area contributed by atoms with E-state index >= 15 is 0 Å². The minimum Gasteiger partial charge on any atom is -0.444 e. The van der Waals surface area contributed by atoms with E-state index < -0.39 is 11.7 Å². The zero-order chi connectivity index (χ0) is 22.4. The molecule has 8 heteroatoms. The predicted octanol–water partition coefficient (Wildman–Crippen LogP) is 2.14. The summed E-state index contributed by atoms with van der Waals surface area (Å²) in [5.41, 5.74) is 2.02. The molecule has 1 saturated heterocycles. The van der Waals surface area contributed by atoms with Gasteiger partial charge in [0, 0.05) is 32.7 Å². The minimum atomic E-state index is -0.520. The van der Waals surface area contributed by atoms with E-state index in [1.54, 1.807) is 0 Å². The summed E-state index contributed by atoms with van der Waals surface area (Å²) in [7, 11) is 0. The Morgan fingerprint density at radius 2 is 1.90 bits per heavy atom. The molecule has 8 nitrogen and oxygen atoms in total. The Balaban J connectivity index is 1.54. The van der Waals surface area contributed by atoms with E-state index in [1.165, 1.54) is 11.1 Å². The molecule has 1 atom stereocenters. The van der Waals surface area contributed by atoms with Gasteiger partial charge in [-0.05, 0) is 51.7 Å². The first kappa shape index (κ1) is 22.9. The number of nitrogens with one attached hydrogen (secondary N) is 2. The van der Waals surface area contributed by atoms with Gasteiger partial charge >= 0.3 is 6.09 Å². The monoisotopic (exact) mass is 429 g/mol. The van der Waals surface area contributed by atoms with Crippen LogP contribution in [0.5, 0.6) is 0 Å².